The number of nitrogens with zero attached hydrogens (tertiary/aromatic N) is 4. The minimum absolute atomic E-state index is 0.0157. The van der Waals surface area contributed by atoms with Crippen LogP contribution in [0.2, 0.25) is 0 Å². The number of aryl methyl sites for hydroxylation is 1. The van der Waals surface area contributed by atoms with E-state index in [0.29, 0.717) is 13.1 Å². The summed E-state index contributed by atoms with van der Waals surface area (Å²) in [5.41, 5.74) is 6.94. The topological polar surface area (TPSA) is 96.5 Å². The molecule has 1 aromatic rings. The molecule has 8 nitrogen and oxygen atoms in total. The number of carbonyl (C=O) groups is 2. The van der Waals surface area contributed by atoms with E-state index in [0.717, 1.165) is 19.6 Å². The van der Waals surface area contributed by atoms with Crippen LogP contribution >= 0.6 is 0 Å². The molecule has 0 radical (unpaired) electrons. The van der Waals surface area contributed by atoms with E-state index >= 15 is 0 Å². The zero-order valence-corrected chi connectivity index (χ0v) is 14.7. The van der Waals surface area contributed by atoms with Gasteiger partial charge in [0.25, 0.3) is 0 Å². The van der Waals surface area contributed by atoms with Crippen LogP contribution in [0.5, 0.6) is 0 Å². The third kappa shape index (κ3) is 5.04. The van der Waals surface area contributed by atoms with Gasteiger partial charge in [-0.05, 0) is 5.92 Å². The van der Waals surface area contributed by atoms with E-state index in [4.69, 9.17) is 5.73 Å². The van der Waals surface area contributed by atoms with Gasteiger partial charge in [-0.25, -0.2) is 0 Å². The summed E-state index contributed by atoms with van der Waals surface area (Å²) in [6.45, 7) is 7.61. The molecule has 3 N–H and O–H groups in total. The Balaban J connectivity index is 1.71. The molecule has 1 saturated heterocycles. The summed E-state index contributed by atoms with van der Waals surface area (Å²) in [5, 5.41) is 6.80. The molecule has 2 heterocycles. The molecule has 1 aliphatic heterocycles. The molecule has 0 saturated carbocycles. The number of nitrogens with one attached hydrogen (secondary N) is 1. The standard InChI is InChI=1S/C16H28N6O2/c1-12(2)15(17)16(24)18-9-14(23)22-6-4-21(5-7-22)11-13-8-19-20(3)10-13/h8,10,12,15H,4-7,9,11,17H2,1-3H3,(H,18,24)/t15-/m0/s1. The number of rotatable bonds is 6. The fourth-order valence-electron chi connectivity index (χ4n) is 2.66. The van der Waals surface area contributed by atoms with Crippen molar-refractivity contribution in [1.29, 1.82) is 0 Å². The van der Waals surface area contributed by atoms with Gasteiger partial charge in [0.2, 0.25) is 11.8 Å². The van der Waals surface area contributed by atoms with Crippen molar-refractivity contribution in [3.8, 4) is 0 Å². The largest absolute Gasteiger partial charge is 0.346 e. The molecule has 1 aliphatic rings. The van der Waals surface area contributed by atoms with Crippen LogP contribution in [-0.2, 0) is 23.2 Å². The summed E-state index contributed by atoms with van der Waals surface area (Å²) in [7, 11) is 1.90. The number of amides is 2. The van der Waals surface area contributed by atoms with Crippen molar-refractivity contribution in [1.82, 2.24) is 24.9 Å². The molecule has 0 spiro atoms. The van der Waals surface area contributed by atoms with E-state index in [1.807, 2.05) is 33.3 Å². The van der Waals surface area contributed by atoms with Crippen LogP contribution in [0.15, 0.2) is 12.4 Å². The SMILES string of the molecule is CC(C)[C@H](N)C(=O)NCC(=O)N1CCN(Cc2cnn(C)c2)CC1. The molecule has 0 aromatic carbocycles. The molecule has 0 aliphatic carbocycles. The van der Waals surface area contributed by atoms with Crippen molar-refractivity contribution in [3.05, 3.63) is 18.0 Å². The first-order chi connectivity index (χ1) is 11.4. The Morgan fingerprint density at radius 3 is 2.50 bits per heavy atom. The molecule has 2 amide bonds. The third-order valence-corrected chi connectivity index (χ3v) is 4.32. The summed E-state index contributed by atoms with van der Waals surface area (Å²) in [6, 6.07) is -0.575. The second kappa shape index (κ2) is 8.25. The van der Waals surface area contributed by atoms with Crippen molar-refractivity contribution in [2.75, 3.05) is 32.7 Å². The first kappa shape index (κ1) is 18.4. The van der Waals surface area contributed by atoms with Gasteiger partial charge in [-0.15, -0.1) is 0 Å². The maximum Gasteiger partial charge on any atom is 0.242 e. The molecule has 1 fully saturated rings. The normalized spacial score (nSPS) is 17.1. The van der Waals surface area contributed by atoms with Gasteiger partial charge in [-0.3, -0.25) is 19.2 Å². The number of carbonyl (C=O) groups excluding carboxylic acids is 2. The van der Waals surface area contributed by atoms with Gasteiger partial charge in [0.05, 0.1) is 18.8 Å². The highest BCUT2D eigenvalue weighted by Gasteiger charge is 2.23. The van der Waals surface area contributed by atoms with Gasteiger partial charge in [0.15, 0.2) is 0 Å². The van der Waals surface area contributed by atoms with Crippen LogP contribution < -0.4 is 11.1 Å². The average molecular weight is 336 g/mol. The van der Waals surface area contributed by atoms with E-state index in [9.17, 15) is 9.59 Å². The number of piperazine rings is 1. The van der Waals surface area contributed by atoms with Crippen LogP contribution in [0.3, 0.4) is 0 Å². The Bertz CT molecular complexity index is 563. The Kier molecular flexibility index (Phi) is 6.33. The quantitative estimate of drug-likeness (QED) is 0.706. The molecule has 1 aromatic heterocycles. The molecule has 134 valence electrons. The third-order valence-electron chi connectivity index (χ3n) is 4.32. The summed E-state index contributed by atoms with van der Waals surface area (Å²) >= 11 is 0. The molecule has 8 heteroatoms. The first-order valence-electron chi connectivity index (χ1n) is 8.37. The Hall–Kier alpha value is -1.93. The fraction of sp³-hybridized carbons (Fsp3) is 0.688. The van der Waals surface area contributed by atoms with Crippen molar-refractivity contribution < 1.29 is 9.59 Å². The van der Waals surface area contributed by atoms with E-state index in [1.165, 1.54) is 5.56 Å². The average Bonchev–Trinajstić information content (AvgIpc) is 2.97. The van der Waals surface area contributed by atoms with Gasteiger partial charge in [-0.2, -0.15) is 5.10 Å². The number of hydrogen-bond donors (Lipinski definition) is 2. The molecule has 1 atom stereocenters. The van der Waals surface area contributed by atoms with Gasteiger partial charge < -0.3 is 16.0 Å². The van der Waals surface area contributed by atoms with E-state index in [1.54, 1.807) is 9.58 Å². The minimum Gasteiger partial charge on any atom is -0.346 e. The highest BCUT2D eigenvalue weighted by molar-refractivity contribution is 5.87. The fourth-order valence-corrected chi connectivity index (χ4v) is 2.66. The first-order valence-corrected chi connectivity index (χ1v) is 8.37. The molecular formula is C16H28N6O2. The van der Waals surface area contributed by atoms with Crippen LogP contribution in [0, 0.1) is 5.92 Å². The van der Waals surface area contributed by atoms with Crippen molar-refractivity contribution in [2.45, 2.75) is 26.4 Å². The number of aromatic nitrogens is 2. The Morgan fingerprint density at radius 1 is 1.29 bits per heavy atom. The predicted molar refractivity (Wildman–Crippen MR) is 90.9 cm³/mol. The van der Waals surface area contributed by atoms with Crippen LogP contribution in [0.25, 0.3) is 0 Å². The lowest BCUT2D eigenvalue weighted by Crippen LogP contribution is -2.52. The van der Waals surface area contributed by atoms with E-state index < -0.39 is 6.04 Å². The summed E-state index contributed by atoms with van der Waals surface area (Å²) in [5.74, 6) is -0.273. The number of hydrogen-bond acceptors (Lipinski definition) is 5. The van der Waals surface area contributed by atoms with Crippen molar-refractivity contribution in [3.63, 3.8) is 0 Å². The molecular weight excluding hydrogens is 308 g/mol. The van der Waals surface area contributed by atoms with E-state index in [2.05, 4.69) is 15.3 Å². The summed E-state index contributed by atoms with van der Waals surface area (Å²) in [6.07, 6.45) is 3.87. The lowest BCUT2D eigenvalue weighted by atomic mass is 10.1. The highest BCUT2D eigenvalue weighted by Crippen LogP contribution is 2.08. The smallest absolute Gasteiger partial charge is 0.242 e. The van der Waals surface area contributed by atoms with Crippen molar-refractivity contribution in [2.24, 2.45) is 18.7 Å². The molecule has 24 heavy (non-hydrogen) atoms. The maximum absolute atomic E-state index is 12.2. The van der Waals surface area contributed by atoms with Gasteiger partial charge in [-0.1, -0.05) is 13.8 Å². The van der Waals surface area contributed by atoms with Crippen LogP contribution in [-0.4, -0.2) is 70.2 Å². The summed E-state index contributed by atoms with van der Waals surface area (Å²) < 4.78 is 1.79. The summed E-state index contributed by atoms with van der Waals surface area (Å²) in [4.78, 5) is 28.1. The van der Waals surface area contributed by atoms with Crippen LogP contribution in [0.4, 0.5) is 0 Å². The van der Waals surface area contributed by atoms with E-state index in [-0.39, 0.29) is 24.3 Å². The van der Waals surface area contributed by atoms with Crippen molar-refractivity contribution >= 4 is 11.8 Å². The highest BCUT2D eigenvalue weighted by atomic mass is 16.2. The zero-order valence-electron chi connectivity index (χ0n) is 14.7. The minimum atomic E-state index is -0.575. The predicted octanol–water partition coefficient (Wildman–Crippen LogP) is -0.836. The second-order valence-corrected chi connectivity index (χ2v) is 6.67. The molecule has 0 bridgehead atoms. The molecule has 0 unspecified atom stereocenters. The van der Waals surface area contributed by atoms with Gasteiger partial charge in [0.1, 0.15) is 0 Å². The lowest BCUT2D eigenvalue weighted by molar-refractivity contribution is -0.134. The monoisotopic (exact) mass is 336 g/mol. The maximum atomic E-state index is 12.2. The van der Waals surface area contributed by atoms with Crippen LogP contribution in [0.1, 0.15) is 19.4 Å². The zero-order chi connectivity index (χ0) is 17.7. The molecule has 2 rings (SSSR count). The number of nitrogens with two attached hydrogens (primary N) is 1. The van der Waals surface area contributed by atoms with Gasteiger partial charge >= 0.3 is 0 Å². The van der Waals surface area contributed by atoms with Gasteiger partial charge in [0, 0.05) is 51.5 Å². The second-order valence-electron chi connectivity index (χ2n) is 6.67. The Labute approximate surface area is 143 Å². The Morgan fingerprint density at radius 2 is 1.96 bits per heavy atom. The lowest BCUT2D eigenvalue weighted by Gasteiger charge is -2.34.